The van der Waals surface area contributed by atoms with Crippen molar-refractivity contribution in [2.75, 3.05) is 13.7 Å². The molecule has 1 aromatic heterocycles. The van der Waals surface area contributed by atoms with Gasteiger partial charge in [-0.3, -0.25) is 4.98 Å². The van der Waals surface area contributed by atoms with Crippen LogP contribution in [0, 0.1) is 11.8 Å². The van der Waals surface area contributed by atoms with Gasteiger partial charge in [-0.2, -0.15) is 0 Å². The molecule has 1 heterocycles. The van der Waals surface area contributed by atoms with Gasteiger partial charge in [0.15, 0.2) is 0 Å². The molecular formula is C18H30N2O. The molecule has 0 saturated heterocycles. The molecule has 1 fully saturated rings. The Labute approximate surface area is 129 Å². The third kappa shape index (κ3) is 4.19. The number of rotatable bonds is 7. The zero-order valence-electron chi connectivity index (χ0n) is 13.8. The van der Waals surface area contributed by atoms with Gasteiger partial charge in [0.2, 0.25) is 0 Å². The summed E-state index contributed by atoms with van der Waals surface area (Å²) in [5, 5.41) is 3.77. The van der Waals surface area contributed by atoms with Gasteiger partial charge in [-0.25, -0.2) is 0 Å². The largest absolute Gasteiger partial charge is 0.495 e. The standard InChI is InChI=1S/C18H30N2O/c1-4-10-20-18(15-8-6-7-14(5-2)12-15)16-9-11-19-13-17(16)21-3/h9,11,13-15,18,20H,4-8,10,12H2,1-3H3. The molecule has 0 spiro atoms. The van der Waals surface area contributed by atoms with Crippen molar-refractivity contribution in [1.29, 1.82) is 0 Å². The predicted molar refractivity (Wildman–Crippen MR) is 87.6 cm³/mol. The molecule has 0 radical (unpaired) electrons. The van der Waals surface area contributed by atoms with Crippen LogP contribution in [-0.4, -0.2) is 18.6 Å². The SMILES string of the molecule is CCCNC(c1ccncc1OC)C1CCCC(CC)C1. The summed E-state index contributed by atoms with van der Waals surface area (Å²) in [6, 6.07) is 2.53. The number of ether oxygens (including phenoxy) is 1. The molecule has 3 nitrogen and oxygen atoms in total. The minimum absolute atomic E-state index is 0.400. The van der Waals surface area contributed by atoms with Crippen LogP contribution in [0.4, 0.5) is 0 Å². The van der Waals surface area contributed by atoms with Gasteiger partial charge < -0.3 is 10.1 Å². The van der Waals surface area contributed by atoms with Crippen molar-refractivity contribution in [2.45, 2.75) is 58.4 Å². The number of pyridine rings is 1. The van der Waals surface area contributed by atoms with E-state index < -0.39 is 0 Å². The van der Waals surface area contributed by atoms with Crippen LogP contribution in [0.1, 0.15) is 64.0 Å². The molecule has 1 aliphatic rings. The predicted octanol–water partition coefficient (Wildman–Crippen LogP) is 4.35. The Morgan fingerprint density at radius 1 is 1.38 bits per heavy atom. The van der Waals surface area contributed by atoms with Crippen LogP contribution in [-0.2, 0) is 0 Å². The number of aromatic nitrogens is 1. The summed E-state index contributed by atoms with van der Waals surface area (Å²) in [4.78, 5) is 4.20. The summed E-state index contributed by atoms with van der Waals surface area (Å²) >= 11 is 0. The maximum Gasteiger partial charge on any atom is 0.141 e. The van der Waals surface area contributed by atoms with E-state index in [4.69, 9.17) is 4.74 Å². The number of nitrogens with zero attached hydrogens (tertiary/aromatic N) is 1. The lowest BCUT2D eigenvalue weighted by Gasteiger charge is -2.35. The lowest BCUT2D eigenvalue weighted by Crippen LogP contribution is -2.32. The topological polar surface area (TPSA) is 34.2 Å². The molecule has 3 atom stereocenters. The summed E-state index contributed by atoms with van der Waals surface area (Å²) in [7, 11) is 1.74. The Bertz CT molecular complexity index is 421. The number of hydrogen-bond donors (Lipinski definition) is 1. The lowest BCUT2D eigenvalue weighted by molar-refractivity contribution is 0.206. The minimum atomic E-state index is 0.400. The van der Waals surface area contributed by atoms with E-state index in [-0.39, 0.29) is 0 Å². The van der Waals surface area contributed by atoms with Gasteiger partial charge in [-0.15, -0.1) is 0 Å². The second-order valence-corrected chi connectivity index (χ2v) is 6.25. The molecule has 1 aromatic rings. The van der Waals surface area contributed by atoms with E-state index in [0.717, 1.165) is 24.6 Å². The average molecular weight is 290 g/mol. The van der Waals surface area contributed by atoms with Gasteiger partial charge in [-0.05, 0) is 43.7 Å². The van der Waals surface area contributed by atoms with E-state index in [9.17, 15) is 0 Å². The van der Waals surface area contributed by atoms with Crippen molar-refractivity contribution in [1.82, 2.24) is 10.3 Å². The molecule has 0 amide bonds. The number of nitrogens with one attached hydrogen (secondary N) is 1. The van der Waals surface area contributed by atoms with Crippen molar-refractivity contribution < 1.29 is 4.74 Å². The average Bonchev–Trinajstić information content (AvgIpc) is 2.56. The number of hydrogen-bond acceptors (Lipinski definition) is 3. The van der Waals surface area contributed by atoms with Crippen molar-refractivity contribution in [3.63, 3.8) is 0 Å². The molecule has 1 aliphatic carbocycles. The quantitative estimate of drug-likeness (QED) is 0.810. The molecule has 118 valence electrons. The van der Waals surface area contributed by atoms with Crippen molar-refractivity contribution in [2.24, 2.45) is 11.8 Å². The Kier molecular flexibility index (Phi) is 6.50. The Morgan fingerprint density at radius 2 is 2.24 bits per heavy atom. The monoisotopic (exact) mass is 290 g/mol. The van der Waals surface area contributed by atoms with E-state index in [1.165, 1.54) is 37.7 Å². The fourth-order valence-electron chi connectivity index (χ4n) is 3.65. The van der Waals surface area contributed by atoms with Crippen LogP contribution in [0.15, 0.2) is 18.5 Å². The molecule has 21 heavy (non-hydrogen) atoms. The molecule has 3 heteroatoms. The molecular weight excluding hydrogens is 260 g/mol. The van der Waals surface area contributed by atoms with Crippen molar-refractivity contribution in [3.8, 4) is 5.75 Å². The number of methoxy groups -OCH3 is 1. The van der Waals surface area contributed by atoms with Gasteiger partial charge in [-0.1, -0.05) is 33.1 Å². The van der Waals surface area contributed by atoms with Crippen LogP contribution >= 0.6 is 0 Å². The van der Waals surface area contributed by atoms with Gasteiger partial charge in [0.1, 0.15) is 5.75 Å². The van der Waals surface area contributed by atoms with Crippen LogP contribution in [0.5, 0.6) is 5.75 Å². The fourth-order valence-corrected chi connectivity index (χ4v) is 3.65. The van der Waals surface area contributed by atoms with E-state index in [0.29, 0.717) is 12.0 Å². The lowest BCUT2D eigenvalue weighted by atomic mass is 9.75. The molecule has 0 aliphatic heterocycles. The van der Waals surface area contributed by atoms with Crippen LogP contribution < -0.4 is 10.1 Å². The van der Waals surface area contributed by atoms with Crippen molar-refractivity contribution >= 4 is 0 Å². The normalized spacial score (nSPS) is 23.8. The Morgan fingerprint density at radius 3 is 2.95 bits per heavy atom. The van der Waals surface area contributed by atoms with E-state index in [1.807, 2.05) is 12.4 Å². The van der Waals surface area contributed by atoms with E-state index in [2.05, 4.69) is 30.2 Å². The highest BCUT2D eigenvalue weighted by Gasteiger charge is 2.30. The molecule has 3 unspecified atom stereocenters. The van der Waals surface area contributed by atoms with Crippen molar-refractivity contribution in [3.05, 3.63) is 24.0 Å². The molecule has 0 aromatic carbocycles. The third-order valence-electron chi connectivity index (χ3n) is 4.86. The highest BCUT2D eigenvalue weighted by Crippen LogP contribution is 2.40. The Balaban J connectivity index is 2.20. The second-order valence-electron chi connectivity index (χ2n) is 6.25. The summed E-state index contributed by atoms with van der Waals surface area (Å²) in [5.41, 5.74) is 1.28. The van der Waals surface area contributed by atoms with Gasteiger partial charge in [0.05, 0.1) is 13.3 Å². The summed E-state index contributed by atoms with van der Waals surface area (Å²) in [6.07, 6.45) is 11.6. The molecule has 0 bridgehead atoms. The summed E-state index contributed by atoms with van der Waals surface area (Å²) in [6.45, 7) is 5.61. The van der Waals surface area contributed by atoms with Crippen LogP contribution in [0.25, 0.3) is 0 Å². The van der Waals surface area contributed by atoms with E-state index >= 15 is 0 Å². The van der Waals surface area contributed by atoms with Gasteiger partial charge in [0.25, 0.3) is 0 Å². The van der Waals surface area contributed by atoms with Gasteiger partial charge in [0, 0.05) is 17.8 Å². The first-order chi connectivity index (χ1) is 10.3. The smallest absolute Gasteiger partial charge is 0.141 e. The Hall–Kier alpha value is -1.09. The first kappa shape index (κ1) is 16.3. The van der Waals surface area contributed by atoms with Crippen LogP contribution in [0.3, 0.4) is 0 Å². The first-order valence-electron chi connectivity index (χ1n) is 8.51. The summed E-state index contributed by atoms with van der Waals surface area (Å²) in [5.74, 6) is 2.53. The molecule has 1 N–H and O–H groups in total. The molecule has 1 saturated carbocycles. The second kappa shape index (κ2) is 8.38. The molecule has 2 rings (SSSR count). The van der Waals surface area contributed by atoms with Gasteiger partial charge >= 0.3 is 0 Å². The third-order valence-corrected chi connectivity index (χ3v) is 4.86. The highest BCUT2D eigenvalue weighted by atomic mass is 16.5. The fraction of sp³-hybridized carbons (Fsp3) is 0.722. The summed E-state index contributed by atoms with van der Waals surface area (Å²) < 4.78 is 5.55. The first-order valence-corrected chi connectivity index (χ1v) is 8.51. The minimum Gasteiger partial charge on any atom is -0.495 e. The van der Waals surface area contributed by atoms with E-state index in [1.54, 1.807) is 7.11 Å². The highest BCUT2D eigenvalue weighted by molar-refractivity contribution is 5.33. The van der Waals surface area contributed by atoms with Crippen LogP contribution in [0.2, 0.25) is 0 Å². The zero-order chi connectivity index (χ0) is 15.1. The maximum atomic E-state index is 5.55. The maximum absolute atomic E-state index is 5.55. The zero-order valence-corrected chi connectivity index (χ0v) is 13.8.